The largest absolute Gasteiger partial charge is 0.296 e. The van der Waals surface area contributed by atoms with Crippen LogP contribution in [-0.2, 0) is 11.3 Å². The fourth-order valence-electron chi connectivity index (χ4n) is 3.09. The molecule has 4 heteroatoms. The number of nitrogens with zero attached hydrogens (tertiary/aromatic N) is 1. The molecular weight excluding hydrogens is 276 g/mol. The van der Waals surface area contributed by atoms with E-state index in [1.54, 1.807) is 11.6 Å². The summed E-state index contributed by atoms with van der Waals surface area (Å²) in [4.78, 5) is 13.5. The zero-order valence-electron chi connectivity index (χ0n) is 13.5. The third-order valence-corrected chi connectivity index (χ3v) is 4.15. The fraction of sp³-hybridized carbons (Fsp3) is 0.500. The Morgan fingerprint density at radius 3 is 2.77 bits per heavy atom. The number of benzene rings is 1. The first kappa shape index (κ1) is 16.7. The van der Waals surface area contributed by atoms with Gasteiger partial charge in [0.15, 0.2) is 0 Å². The molecular formula is C18H26N2O2. The van der Waals surface area contributed by atoms with E-state index in [1.165, 1.54) is 37.4 Å². The van der Waals surface area contributed by atoms with E-state index in [0.717, 1.165) is 18.0 Å². The second kappa shape index (κ2) is 8.11. The van der Waals surface area contributed by atoms with Crippen molar-refractivity contribution in [3.63, 3.8) is 0 Å². The molecule has 1 unspecified atom stereocenters. The SMILES string of the molecule is CC(C)CC1CCCN1Cc1ccc(/C=C/C(=O)NO)cc1. The van der Waals surface area contributed by atoms with Crippen LogP contribution in [0.3, 0.4) is 0 Å². The van der Waals surface area contributed by atoms with E-state index in [4.69, 9.17) is 5.21 Å². The summed E-state index contributed by atoms with van der Waals surface area (Å²) >= 11 is 0. The van der Waals surface area contributed by atoms with E-state index < -0.39 is 5.91 Å². The summed E-state index contributed by atoms with van der Waals surface area (Å²) in [5.41, 5.74) is 3.84. The smallest absolute Gasteiger partial charge is 0.267 e. The van der Waals surface area contributed by atoms with Crippen molar-refractivity contribution in [2.75, 3.05) is 6.54 Å². The number of nitrogens with one attached hydrogen (secondary N) is 1. The summed E-state index contributed by atoms with van der Waals surface area (Å²) in [5, 5.41) is 8.45. The third kappa shape index (κ3) is 4.97. The maximum atomic E-state index is 11.0. The van der Waals surface area contributed by atoms with Gasteiger partial charge in [-0.3, -0.25) is 14.9 Å². The summed E-state index contributed by atoms with van der Waals surface area (Å²) in [7, 11) is 0. The van der Waals surface area contributed by atoms with Crippen LogP contribution in [-0.4, -0.2) is 28.6 Å². The van der Waals surface area contributed by atoms with Crippen LogP contribution < -0.4 is 5.48 Å². The molecule has 1 saturated heterocycles. The van der Waals surface area contributed by atoms with Crippen LogP contribution in [0.2, 0.25) is 0 Å². The van der Waals surface area contributed by atoms with E-state index >= 15 is 0 Å². The average Bonchev–Trinajstić information content (AvgIpc) is 2.92. The maximum Gasteiger partial charge on any atom is 0.267 e. The fourth-order valence-corrected chi connectivity index (χ4v) is 3.09. The Morgan fingerprint density at radius 1 is 1.41 bits per heavy atom. The third-order valence-electron chi connectivity index (χ3n) is 4.15. The highest BCUT2D eigenvalue weighted by Gasteiger charge is 2.24. The van der Waals surface area contributed by atoms with Crippen molar-refractivity contribution >= 4 is 12.0 Å². The molecule has 120 valence electrons. The predicted molar refractivity (Wildman–Crippen MR) is 88.3 cm³/mol. The van der Waals surface area contributed by atoms with E-state index in [9.17, 15) is 4.79 Å². The number of hydrogen-bond donors (Lipinski definition) is 2. The Bertz CT molecular complexity index is 508. The van der Waals surface area contributed by atoms with Gasteiger partial charge >= 0.3 is 0 Å². The van der Waals surface area contributed by atoms with Gasteiger partial charge in [-0.15, -0.1) is 0 Å². The highest BCUT2D eigenvalue weighted by atomic mass is 16.5. The topological polar surface area (TPSA) is 52.6 Å². The second-order valence-corrected chi connectivity index (χ2v) is 6.45. The van der Waals surface area contributed by atoms with E-state index in [2.05, 4.69) is 30.9 Å². The molecule has 0 radical (unpaired) electrons. The molecule has 2 rings (SSSR count). The molecule has 0 bridgehead atoms. The molecule has 1 amide bonds. The molecule has 1 atom stereocenters. The first-order valence-corrected chi connectivity index (χ1v) is 8.03. The molecule has 1 aliphatic rings. The summed E-state index contributed by atoms with van der Waals surface area (Å²) in [6.07, 6.45) is 6.89. The number of hydrogen-bond acceptors (Lipinski definition) is 3. The molecule has 4 nitrogen and oxygen atoms in total. The van der Waals surface area contributed by atoms with Crippen LogP contribution in [0.15, 0.2) is 30.3 Å². The predicted octanol–water partition coefficient (Wildman–Crippen LogP) is 3.22. The van der Waals surface area contributed by atoms with Gasteiger partial charge in [0, 0.05) is 18.7 Å². The van der Waals surface area contributed by atoms with Crippen molar-refractivity contribution in [1.29, 1.82) is 0 Å². The van der Waals surface area contributed by atoms with Gasteiger partial charge < -0.3 is 0 Å². The molecule has 1 aliphatic heterocycles. The molecule has 1 aromatic rings. The molecule has 2 N–H and O–H groups in total. The highest BCUT2D eigenvalue weighted by molar-refractivity contribution is 5.90. The summed E-state index contributed by atoms with van der Waals surface area (Å²) in [6, 6.07) is 8.95. The van der Waals surface area contributed by atoms with Crippen molar-refractivity contribution in [2.45, 2.75) is 45.7 Å². The number of rotatable bonds is 6. The lowest BCUT2D eigenvalue weighted by atomic mass is 10.0. The van der Waals surface area contributed by atoms with Crippen LogP contribution in [0.1, 0.15) is 44.2 Å². The monoisotopic (exact) mass is 302 g/mol. The molecule has 0 aliphatic carbocycles. The van der Waals surface area contributed by atoms with Gasteiger partial charge in [-0.2, -0.15) is 0 Å². The molecule has 0 spiro atoms. The van der Waals surface area contributed by atoms with Gasteiger partial charge in [0.05, 0.1) is 0 Å². The van der Waals surface area contributed by atoms with Gasteiger partial charge in [0.1, 0.15) is 0 Å². The van der Waals surface area contributed by atoms with Crippen LogP contribution in [0.25, 0.3) is 6.08 Å². The van der Waals surface area contributed by atoms with E-state index in [-0.39, 0.29) is 0 Å². The molecule has 0 aromatic heterocycles. The zero-order valence-corrected chi connectivity index (χ0v) is 13.5. The van der Waals surface area contributed by atoms with Gasteiger partial charge in [-0.1, -0.05) is 38.1 Å². The Morgan fingerprint density at radius 2 is 2.14 bits per heavy atom. The van der Waals surface area contributed by atoms with Crippen LogP contribution >= 0.6 is 0 Å². The standard InChI is InChI=1S/C18H26N2O2/c1-14(2)12-17-4-3-11-20(17)13-16-7-5-15(6-8-16)9-10-18(21)19-22/h5-10,14,17,22H,3-4,11-13H2,1-2H3,(H,19,21)/b10-9+. The van der Waals surface area contributed by atoms with Crippen LogP contribution in [0.5, 0.6) is 0 Å². The maximum absolute atomic E-state index is 11.0. The normalized spacial score (nSPS) is 19.2. The van der Waals surface area contributed by atoms with Crippen molar-refractivity contribution in [3.8, 4) is 0 Å². The van der Waals surface area contributed by atoms with Gasteiger partial charge in [-0.25, -0.2) is 5.48 Å². The minimum atomic E-state index is -0.516. The minimum Gasteiger partial charge on any atom is -0.296 e. The lowest BCUT2D eigenvalue weighted by Crippen LogP contribution is -2.29. The number of likely N-dealkylation sites (tertiary alicyclic amines) is 1. The summed E-state index contributed by atoms with van der Waals surface area (Å²) in [5.74, 6) is 0.230. The average molecular weight is 302 g/mol. The second-order valence-electron chi connectivity index (χ2n) is 6.45. The van der Waals surface area contributed by atoms with Gasteiger partial charge in [0.2, 0.25) is 0 Å². The van der Waals surface area contributed by atoms with Crippen molar-refractivity contribution < 1.29 is 10.0 Å². The van der Waals surface area contributed by atoms with Crippen molar-refractivity contribution in [3.05, 3.63) is 41.5 Å². The highest BCUT2D eigenvalue weighted by Crippen LogP contribution is 2.25. The Balaban J connectivity index is 1.93. The first-order valence-electron chi connectivity index (χ1n) is 8.03. The van der Waals surface area contributed by atoms with Crippen molar-refractivity contribution in [1.82, 2.24) is 10.4 Å². The molecule has 22 heavy (non-hydrogen) atoms. The lowest BCUT2D eigenvalue weighted by Gasteiger charge is -2.26. The molecule has 0 saturated carbocycles. The van der Waals surface area contributed by atoms with Crippen LogP contribution in [0.4, 0.5) is 0 Å². The van der Waals surface area contributed by atoms with Crippen LogP contribution in [0, 0.1) is 5.92 Å². The number of hydroxylamine groups is 1. The lowest BCUT2D eigenvalue weighted by molar-refractivity contribution is -0.124. The molecule has 1 fully saturated rings. The molecule has 1 aromatic carbocycles. The summed E-state index contributed by atoms with van der Waals surface area (Å²) < 4.78 is 0. The Hall–Kier alpha value is -1.65. The zero-order chi connectivity index (χ0) is 15.9. The molecule has 1 heterocycles. The van der Waals surface area contributed by atoms with Gasteiger partial charge in [0.25, 0.3) is 5.91 Å². The number of amides is 1. The minimum absolute atomic E-state index is 0.516. The Labute approximate surface area is 132 Å². The Kier molecular flexibility index (Phi) is 6.16. The van der Waals surface area contributed by atoms with Gasteiger partial charge in [-0.05, 0) is 48.9 Å². The van der Waals surface area contributed by atoms with E-state index in [1.807, 2.05) is 12.1 Å². The van der Waals surface area contributed by atoms with Crippen molar-refractivity contribution in [2.24, 2.45) is 5.92 Å². The quantitative estimate of drug-likeness (QED) is 0.482. The first-order chi connectivity index (χ1) is 10.6. The number of carbonyl (C=O) groups is 1. The number of carbonyl (C=O) groups excluding carboxylic acids is 1. The van der Waals surface area contributed by atoms with E-state index in [0.29, 0.717) is 6.04 Å². The summed E-state index contributed by atoms with van der Waals surface area (Å²) in [6.45, 7) is 6.77.